The topological polar surface area (TPSA) is 21.8 Å². The molecule has 1 aliphatic rings. The molecule has 0 amide bonds. The van der Waals surface area contributed by atoms with E-state index in [-0.39, 0.29) is 0 Å². The summed E-state index contributed by atoms with van der Waals surface area (Å²) >= 11 is 0. The molecule has 0 spiro atoms. The molecule has 0 aromatic heterocycles. The summed E-state index contributed by atoms with van der Waals surface area (Å²) in [5.74, 6) is 0. The van der Waals surface area contributed by atoms with Gasteiger partial charge in [0, 0.05) is 13.7 Å². The quantitative estimate of drug-likeness (QED) is 0.428. The molecule has 56 valence electrons. The minimum absolute atomic E-state index is 0.913. The van der Waals surface area contributed by atoms with Crippen molar-refractivity contribution in [3.63, 3.8) is 0 Å². The van der Waals surface area contributed by atoms with Crippen LogP contribution >= 0.6 is 0 Å². The lowest BCUT2D eigenvalue weighted by atomic mass is 10.4. The van der Waals surface area contributed by atoms with Crippen molar-refractivity contribution in [1.82, 2.24) is 0 Å². The molecule has 0 N–H and O–H groups in total. The van der Waals surface area contributed by atoms with Gasteiger partial charge in [-0.2, -0.15) is 0 Å². The van der Waals surface area contributed by atoms with Gasteiger partial charge in [-0.1, -0.05) is 13.3 Å². The van der Waals surface area contributed by atoms with Gasteiger partial charge in [0.1, 0.15) is 0 Å². The van der Waals surface area contributed by atoms with E-state index in [4.69, 9.17) is 4.74 Å². The lowest BCUT2D eigenvalue weighted by molar-refractivity contribution is 0.194. The SMILES string of the molecule is C1CO1.CCCCOC. The predicted octanol–water partition coefficient (Wildman–Crippen LogP) is 1.45. The van der Waals surface area contributed by atoms with Gasteiger partial charge in [0.15, 0.2) is 0 Å². The van der Waals surface area contributed by atoms with Gasteiger partial charge in [-0.15, -0.1) is 0 Å². The van der Waals surface area contributed by atoms with Crippen LogP contribution in [0, 0.1) is 0 Å². The number of rotatable bonds is 3. The zero-order valence-corrected chi connectivity index (χ0v) is 6.35. The lowest BCUT2D eigenvalue weighted by Gasteiger charge is -1.89. The molecule has 0 unspecified atom stereocenters. The Balaban J connectivity index is 0.000000173. The zero-order chi connectivity index (χ0) is 6.95. The third-order valence-electron chi connectivity index (χ3n) is 0.906. The number of epoxide rings is 1. The van der Waals surface area contributed by atoms with Gasteiger partial charge in [0.05, 0.1) is 13.2 Å². The van der Waals surface area contributed by atoms with Gasteiger partial charge in [-0.05, 0) is 6.42 Å². The van der Waals surface area contributed by atoms with Crippen LogP contribution in [0.5, 0.6) is 0 Å². The fourth-order valence-corrected chi connectivity index (χ4v) is 0.289. The third kappa shape index (κ3) is 18.1. The molecule has 2 heteroatoms. The van der Waals surface area contributed by atoms with Gasteiger partial charge < -0.3 is 9.47 Å². The van der Waals surface area contributed by atoms with Crippen LogP contribution in [0.2, 0.25) is 0 Å². The highest BCUT2D eigenvalue weighted by molar-refractivity contribution is 4.36. The first-order valence-electron chi connectivity index (χ1n) is 3.48. The van der Waals surface area contributed by atoms with Crippen molar-refractivity contribution in [2.75, 3.05) is 26.9 Å². The Bertz CT molecular complexity index is 37.4. The molecule has 1 heterocycles. The van der Waals surface area contributed by atoms with Crippen molar-refractivity contribution in [2.45, 2.75) is 19.8 Å². The highest BCUT2D eigenvalue weighted by Gasteiger charge is 1.94. The Hall–Kier alpha value is -0.0800. The molecule has 0 saturated carbocycles. The number of unbranched alkanes of at least 4 members (excludes halogenated alkanes) is 1. The van der Waals surface area contributed by atoms with E-state index in [2.05, 4.69) is 11.7 Å². The van der Waals surface area contributed by atoms with E-state index in [0.717, 1.165) is 19.8 Å². The van der Waals surface area contributed by atoms with Crippen molar-refractivity contribution in [1.29, 1.82) is 0 Å². The van der Waals surface area contributed by atoms with E-state index >= 15 is 0 Å². The third-order valence-corrected chi connectivity index (χ3v) is 0.906. The summed E-state index contributed by atoms with van der Waals surface area (Å²) < 4.78 is 9.28. The molecule has 0 radical (unpaired) electrons. The van der Waals surface area contributed by atoms with Gasteiger partial charge in [0.25, 0.3) is 0 Å². The van der Waals surface area contributed by atoms with Crippen LogP contribution < -0.4 is 0 Å². The maximum absolute atomic E-state index is 4.78. The molecule has 0 bridgehead atoms. The molecule has 0 aliphatic carbocycles. The minimum Gasteiger partial charge on any atom is -0.385 e. The number of ether oxygens (including phenoxy) is 2. The second-order valence-electron chi connectivity index (χ2n) is 1.96. The fraction of sp³-hybridized carbons (Fsp3) is 1.00. The molecule has 1 fully saturated rings. The van der Waals surface area contributed by atoms with Crippen LogP contribution in [0.15, 0.2) is 0 Å². The van der Waals surface area contributed by atoms with Gasteiger partial charge >= 0.3 is 0 Å². The molecule has 0 atom stereocenters. The summed E-state index contributed by atoms with van der Waals surface area (Å²) in [6, 6.07) is 0. The average molecular weight is 132 g/mol. The maximum atomic E-state index is 4.78. The van der Waals surface area contributed by atoms with Crippen molar-refractivity contribution in [3.8, 4) is 0 Å². The van der Waals surface area contributed by atoms with Crippen LogP contribution in [-0.2, 0) is 9.47 Å². The van der Waals surface area contributed by atoms with E-state index in [1.807, 2.05) is 0 Å². The van der Waals surface area contributed by atoms with Crippen molar-refractivity contribution >= 4 is 0 Å². The van der Waals surface area contributed by atoms with Crippen molar-refractivity contribution in [2.24, 2.45) is 0 Å². The second kappa shape index (κ2) is 7.92. The van der Waals surface area contributed by atoms with E-state index in [0.29, 0.717) is 0 Å². The highest BCUT2D eigenvalue weighted by Crippen LogP contribution is 1.84. The average Bonchev–Trinajstić information content (AvgIpc) is 2.67. The monoisotopic (exact) mass is 132 g/mol. The van der Waals surface area contributed by atoms with Gasteiger partial charge in [0.2, 0.25) is 0 Å². The van der Waals surface area contributed by atoms with Crippen LogP contribution in [0.3, 0.4) is 0 Å². The van der Waals surface area contributed by atoms with Crippen LogP contribution in [0.1, 0.15) is 19.8 Å². The fourth-order valence-electron chi connectivity index (χ4n) is 0.289. The number of hydrogen-bond donors (Lipinski definition) is 0. The number of hydrogen-bond acceptors (Lipinski definition) is 2. The van der Waals surface area contributed by atoms with E-state index in [1.165, 1.54) is 12.8 Å². The Morgan fingerprint density at radius 2 is 2.00 bits per heavy atom. The van der Waals surface area contributed by atoms with Gasteiger partial charge in [-0.3, -0.25) is 0 Å². The molecule has 0 aromatic carbocycles. The highest BCUT2D eigenvalue weighted by atomic mass is 16.6. The first-order valence-corrected chi connectivity index (χ1v) is 3.48. The molecule has 9 heavy (non-hydrogen) atoms. The van der Waals surface area contributed by atoms with Gasteiger partial charge in [-0.25, -0.2) is 0 Å². The molecule has 1 rings (SSSR count). The second-order valence-corrected chi connectivity index (χ2v) is 1.96. The summed E-state index contributed by atoms with van der Waals surface area (Å²) in [5.41, 5.74) is 0. The Kier molecular flexibility index (Phi) is 7.85. The van der Waals surface area contributed by atoms with E-state index in [1.54, 1.807) is 7.11 Å². The summed E-state index contributed by atoms with van der Waals surface area (Å²) in [6.07, 6.45) is 2.42. The summed E-state index contributed by atoms with van der Waals surface area (Å²) in [6.45, 7) is 5.07. The van der Waals surface area contributed by atoms with Crippen LogP contribution in [-0.4, -0.2) is 26.9 Å². The molecular formula is C7H16O2. The predicted molar refractivity (Wildman–Crippen MR) is 37.6 cm³/mol. The normalized spacial score (nSPS) is 14.0. The minimum atomic E-state index is 0.913. The lowest BCUT2D eigenvalue weighted by Crippen LogP contribution is -1.84. The first kappa shape index (κ1) is 8.92. The molecule has 2 nitrogen and oxygen atoms in total. The van der Waals surface area contributed by atoms with Crippen LogP contribution in [0.25, 0.3) is 0 Å². The summed E-state index contributed by atoms with van der Waals surface area (Å²) in [5, 5.41) is 0. The summed E-state index contributed by atoms with van der Waals surface area (Å²) in [7, 11) is 1.73. The molecule has 1 aliphatic heterocycles. The number of methoxy groups -OCH3 is 1. The standard InChI is InChI=1S/C5H12O.C2H4O/c1-3-4-5-6-2;1-2-3-1/h3-5H2,1-2H3;1-2H2. The zero-order valence-electron chi connectivity index (χ0n) is 6.35. The Morgan fingerprint density at radius 1 is 1.44 bits per heavy atom. The molecule has 0 aromatic rings. The smallest absolute Gasteiger partial charge is 0.0701 e. The summed E-state index contributed by atoms with van der Waals surface area (Å²) in [4.78, 5) is 0. The van der Waals surface area contributed by atoms with Crippen LogP contribution in [0.4, 0.5) is 0 Å². The first-order chi connectivity index (χ1) is 4.41. The maximum Gasteiger partial charge on any atom is 0.0701 e. The van der Waals surface area contributed by atoms with Crippen molar-refractivity contribution in [3.05, 3.63) is 0 Å². The largest absolute Gasteiger partial charge is 0.385 e. The van der Waals surface area contributed by atoms with E-state index < -0.39 is 0 Å². The van der Waals surface area contributed by atoms with E-state index in [9.17, 15) is 0 Å². The Labute approximate surface area is 57.2 Å². The molecule has 1 saturated heterocycles. The Morgan fingerprint density at radius 3 is 2.11 bits per heavy atom. The molecular weight excluding hydrogens is 116 g/mol. The van der Waals surface area contributed by atoms with Crippen molar-refractivity contribution < 1.29 is 9.47 Å².